The van der Waals surface area contributed by atoms with Crippen molar-refractivity contribution in [2.45, 2.75) is 4.90 Å². The fourth-order valence-corrected chi connectivity index (χ4v) is 4.71. The summed E-state index contributed by atoms with van der Waals surface area (Å²) < 4.78 is 28.2. The normalized spacial score (nSPS) is 11.7. The maximum absolute atomic E-state index is 11.6. The van der Waals surface area contributed by atoms with Crippen LogP contribution in [-0.4, -0.2) is 21.5 Å². The zero-order valence-electron chi connectivity index (χ0n) is 8.94. The number of halogens is 2. The predicted octanol–water partition coefficient (Wildman–Crippen LogP) is 3.27. The Labute approximate surface area is 116 Å². The van der Waals surface area contributed by atoms with Gasteiger partial charge in [0.1, 0.15) is 9.77 Å². The number of hydrogen-bond acceptors (Lipinski definition) is 5. The van der Waals surface area contributed by atoms with E-state index >= 15 is 0 Å². The van der Waals surface area contributed by atoms with Crippen LogP contribution in [0.2, 0.25) is 5.02 Å². The predicted molar refractivity (Wildman–Crippen MR) is 71.2 cm³/mol. The molecule has 0 aliphatic rings. The summed E-state index contributed by atoms with van der Waals surface area (Å²) in [5.74, 6) is -0.758. The largest absolute Gasteiger partial charge is 0.465 e. The first kappa shape index (κ1) is 13.6. The Morgan fingerprint density at radius 1 is 1.39 bits per heavy atom. The number of fused-ring (bicyclic) bond motifs is 1. The first-order valence-electron chi connectivity index (χ1n) is 4.60. The van der Waals surface area contributed by atoms with E-state index in [2.05, 4.69) is 4.74 Å². The van der Waals surface area contributed by atoms with Crippen molar-refractivity contribution in [3.8, 4) is 0 Å². The third kappa shape index (κ3) is 2.21. The highest BCUT2D eigenvalue weighted by Gasteiger charge is 2.28. The molecule has 0 N–H and O–H groups in total. The highest BCUT2D eigenvalue weighted by atomic mass is 35.7. The molecule has 0 radical (unpaired) electrons. The van der Waals surface area contributed by atoms with Crippen molar-refractivity contribution in [2.75, 3.05) is 7.11 Å². The lowest BCUT2D eigenvalue weighted by Gasteiger charge is -1.98. The maximum Gasteiger partial charge on any atom is 0.349 e. The van der Waals surface area contributed by atoms with Crippen LogP contribution in [0.1, 0.15) is 9.67 Å². The summed E-state index contributed by atoms with van der Waals surface area (Å²) in [6.45, 7) is 0. The molecule has 96 valence electrons. The first-order chi connectivity index (χ1) is 8.36. The second kappa shape index (κ2) is 4.70. The summed E-state index contributed by atoms with van der Waals surface area (Å²) in [7, 11) is 2.47. The molecule has 8 heteroatoms. The lowest BCUT2D eigenvalue weighted by atomic mass is 10.2. The summed E-state index contributed by atoms with van der Waals surface area (Å²) >= 11 is 6.90. The Morgan fingerprint density at radius 3 is 2.61 bits per heavy atom. The van der Waals surface area contributed by atoms with E-state index in [1.807, 2.05) is 0 Å². The van der Waals surface area contributed by atoms with Crippen LogP contribution in [0.15, 0.2) is 23.1 Å². The number of carbonyl (C=O) groups is 1. The van der Waals surface area contributed by atoms with Crippen LogP contribution < -0.4 is 0 Å². The number of methoxy groups -OCH3 is 1. The molecule has 0 atom stereocenters. The van der Waals surface area contributed by atoms with Gasteiger partial charge in [0.2, 0.25) is 0 Å². The average molecular weight is 325 g/mol. The molecule has 0 fully saturated rings. The number of rotatable bonds is 2. The van der Waals surface area contributed by atoms with Crippen LogP contribution in [0.3, 0.4) is 0 Å². The topological polar surface area (TPSA) is 60.4 Å². The Balaban J connectivity index is 2.95. The van der Waals surface area contributed by atoms with E-state index in [0.717, 1.165) is 11.3 Å². The summed E-state index contributed by atoms with van der Waals surface area (Å²) in [6.07, 6.45) is 0. The second-order valence-electron chi connectivity index (χ2n) is 3.31. The molecule has 0 aliphatic heterocycles. The van der Waals surface area contributed by atoms with Crippen molar-refractivity contribution in [2.24, 2.45) is 0 Å². The summed E-state index contributed by atoms with van der Waals surface area (Å²) in [6, 6.07) is 4.73. The minimum Gasteiger partial charge on any atom is -0.465 e. The molecule has 0 amide bonds. The molecule has 2 aromatic rings. The second-order valence-corrected chi connectivity index (χ2v) is 7.24. The van der Waals surface area contributed by atoms with Crippen molar-refractivity contribution >= 4 is 58.7 Å². The highest BCUT2D eigenvalue weighted by Crippen LogP contribution is 2.40. The van der Waals surface area contributed by atoms with E-state index in [1.54, 1.807) is 18.2 Å². The zero-order chi connectivity index (χ0) is 13.5. The molecule has 0 spiro atoms. The fraction of sp³-hybridized carbons (Fsp3) is 0.100. The van der Waals surface area contributed by atoms with E-state index in [1.165, 1.54) is 7.11 Å². The van der Waals surface area contributed by atoms with Gasteiger partial charge in [-0.2, -0.15) is 0 Å². The molecule has 0 bridgehead atoms. The molecule has 18 heavy (non-hydrogen) atoms. The summed E-state index contributed by atoms with van der Waals surface area (Å²) in [5, 5.41) is 0.678. The van der Waals surface area contributed by atoms with Crippen molar-refractivity contribution in [3.63, 3.8) is 0 Å². The zero-order valence-corrected chi connectivity index (χ0v) is 12.1. The number of ether oxygens (including phenoxy) is 1. The Bertz CT molecular complexity index is 734. The smallest absolute Gasteiger partial charge is 0.349 e. The Kier molecular flexibility index (Phi) is 3.55. The van der Waals surface area contributed by atoms with E-state index in [-0.39, 0.29) is 9.77 Å². The van der Waals surface area contributed by atoms with Gasteiger partial charge in [-0.1, -0.05) is 23.7 Å². The van der Waals surface area contributed by atoms with E-state index < -0.39 is 15.0 Å². The lowest BCUT2D eigenvalue weighted by Crippen LogP contribution is -2.03. The SMILES string of the molecule is COC(=O)c1sc2c(Cl)cccc2c1S(=O)(=O)Cl. The van der Waals surface area contributed by atoms with E-state index in [4.69, 9.17) is 22.3 Å². The van der Waals surface area contributed by atoms with Gasteiger partial charge in [0, 0.05) is 16.1 Å². The maximum atomic E-state index is 11.6. The fourth-order valence-electron chi connectivity index (χ4n) is 1.53. The lowest BCUT2D eigenvalue weighted by molar-refractivity contribution is 0.0602. The van der Waals surface area contributed by atoms with Crippen molar-refractivity contribution in [1.82, 2.24) is 0 Å². The molecular formula is C10H6Cl2O4S2. The van der Waals surface area contributed by atoms with Gasteiger partial charge >= 0.3 is 5.97 Å². The minimum absolute atomic E-state index is 0.0735. The Morgan fingerprint density at radius 2 is 2.06 bits per heavy atom. The molecule has 1 heterocycles. The Hall–Kier alpha value is -0.820. The number of esters is 1. The molecule has 0 saturated heterocycles. The third-order valence-corrected chi connectivity index (χ3v) is 5.39. The number of hydrogen-bond donors (Lipinski definition) is 0. The van der Waals surface area contributed by atoms with Gasteiger partial charge < -0.3 is 4.74 Å². The van der Waals surface area contributed by atoms with Crippen molar-refractivity contribution in [1.29, 1.82) is 0 Å². The molecule has 4 nitrogen and oxygen atoms in total. The molecule has 2 rings (SSSR count). The van der Waals surface area contributed by atoms with Crippen molar-refractivity contribution < 1.29 is 17.9 Å². The molecular weight excluding hydrogens is 319 g/mol. The molecule has 1 aromatic heterocycles. The summed E-state index contributed by atoms with van der Waals surface area (Å²) in [5.41, 5.74) is 0. The first-order valence-corrected chi connectivity index (χ1v) is 8.10. The van der Waals surface area contributed by atoms with Crippen LogP contribution in [0, 0.1) is 0 Å². The van der Waals surface area contributed by atoms with Crippen molar-refractivity contribution in [3.05, 3.63) is 28.1 Å². The quantitative estimate of drug-likeness (QED) is 0.628. The monoisotopic (exact) mass is 324 g/mol. The molecule has 1 aromatic carbocycles. The average Bonchev–Trinajstić information content (AvgIpc) is 2.68. The van der Waals surface area contributed by atoms with Crippen LogP contribution in [0.4, 0.5) is 0 Å². The highest BCUT2D eigenvalue weighted by molar-refractivity contribution is 8.14. The van der Waals surface area contributed by atoms with Crippen LogP contribution in [0.5, 0.6) is 0 Å². The van der Waals surface area contributed by atoms with Gasteiger partial charge in [0.05, 0.1) is 16.8 Å². The van der Waals surface area contributed by atoms with E-state index in [9.17, 15) is 13.2 Å². The van der Waals surface area contributed by atoms with Gasteiger partial charge in [-0.25, -0.2) is 13.2 Å². The molecule has 0 aliphatic carbocycles. The molecule has 0 unspecified atom stereocenters. The summed E-state index contributed by atoms with van der Waals surface area (Å²) in [4.78, 5) is 11.3. The number of benzene rings is 1. The standard InChI is InChI=1S/C10H6Cl2O4S2/c1-16-10(13)8-9(18(12,14)15)5-3-2-4-6(11)7(5)17-8/h2-4H,1H3. The van der Waals surface area contributed by atoms with Crippen LogP contribution in [-0.2, 0) is 13.8 Å². The minimum atomic E-state index is -4.07. The van der Waals surface area contributed by atoms with Gasteiger partial charge in [0.25, 0.3) is 9.05 Å². The van der Waals surface area contributed by atoms with Gasteiger partial charge in [0.15, 0.2) is 0 Å². The van der Waals surface area contributed by atoms with E-state index in [0.29, 0.717) is 15.1 Å². The van der Waals surface area contributed by atoms with Gasteiger partial charge in [-0.05, 0) is 6.07 Å². The van der Waals surface area contributed by atoms with Crippen LogP contribution in [0.25, 0.3) is 10.1 Å². The molecule has 0 saturated carbocycles. The third-order valence-electron chi connectivity index (χ3n) is 2.24. The number of carbonyl (C=O) groups excluding carboxylic acids is 1. The van der Waals surface area contributed by atoms with Gasteiger partial charge in [-0.3, -0.25) is 0 Å². The van der Waals surface area contributed by atoms with Crippen LogP contribution >= 0.6 is 33.6 Å². The number of thiophene rings is 1. The van der Waals surface area contributed by atoms with Gasteiger partial charge in [-0.15, -0.1) is 11.3 Å².